The zero-order valence-corrected chi connectivity index (χ0v) is 7.50. The van der Waals surface area contributed by atoms with E-state index in [2.05, 4.69) is 4.74 Å². The van der Waals surface area contributed by atoms with Crippen LogP contribution in [0.3, 0.4) is 0 Å². The number of alkyl halides is 1. The molecule has 2 nitrogen and oxygen atoms in total. The van der Waals surface area contributed by atoms with Crippen LogP contribution in [0.5, 0.6) is 0 Å². The van der Waals surface area contributed by atoms with E-state index in [-0.39, 0.29) is 5.97 Å². The van der Waals surface area contributed by atoms with E-state index in [9.17, 15) is 4.79 Å². The topological polar surface area (TPSA) is 26.3 Å². The normalized spacial score (nSPS) is 9.40. The zero-order chi connectivity index (χ0) is 7.82. The van der Waals surface area contributed by atoms with Crippen molar-refractivity contribution in [3.8, 4) is 0 Å². The Hall–Kier alpha value is 0.110. The molecule has 0 aliphatic rings. The van der Waals surface area contributed by atoms with Gasteiger partial charge in [0.05, 0.1) is 12.9 Å². The molecule has 0 bridgehead atoms. The summed E-state index contributed by atoms with van der Waals surface area (Å²) in [7, 11) is 1.39. The van der Waals surface area contributed by atoms with Crippen molar-refractivity contribution in [2.45, 2.75) is 6.42 Å². The third-order valence-corrected chi connectivity index (χ3v) is 2.15. The van der Waals surface area contributed by atoms with Crippen LogP contribution < -0.4 is 0 Å². The van der Waals surface area contributed by atoms with Crippen LogP contribution in [0.4, 0.5) is 0 Å². The molecule has 0 rings (SSSR count). The number of carbonyl (C=O) groups is 1. The van der Waals surface area contributed by atoms with Gasteiger partial charge in [-0.3, -0.25) is 4.79 Å². The molecule has 0 aromatic carbocycles. The molecule has 0 heterocycles. The highest BCUT2D eigenvalue weighted by molar-refractivity contribution is 7.99. The largest absolute Gasteiger partial charge is 0.468 e. The van der Waals surface area contributed by atoms with Gasteiger partial charge in [0, 0.05) is 5.88 Å². The lowest BCUT2D eigenvalue weighted by Gasteiger charge is -1.96. The number of halogens is 1. The number of thioether (sulfide) groups is 1. The fourth-order valence-corrected chi connectivity index (χ4v) is 1.44. The van der Waals surface area contributed by atoms with Gasteiger partial charge in [-0.1, -0.05) is 0 Å². The zero-order valence-electron chi connectivity index (χ0n) is 5.93. The Labute approximate surface area is 70.3 Å². The molecule has 0 amide bonds. The maximum absolute atomic E-state index is 10.5. The predicted octanol–water partition coefficient (Wildman–Crippen LogP) is 1.52. The summed E-state index contributed by atoms with van der Waals surface area (Å²) >= 11 is 6.97. The Balaban J connectivity index is 2.96. The summed E-state index contributed by atoms with van der Waals surface area (Å²) in [6.45, 7) is 0. The van der Waals surface area contributed by atoms with E-state index in [0.29, 0.717) is 11.6 Å². The second-order valence-corrected chi connectivity index (χ2v) is 3.15. The number of methoxy groups -OCH3 is 1. The molecule has 0 radical (unpaired) electrons. The smallest absolute Gasteiger partial charge is 0.315 e. The molecule has 0 N–H and O–H groups in total. The molecule has 0 aliphatic heterocycles. The Morgan fingerprint density at radius 1 is 1.70 bits per heavy atom. The van der Waals surface area contributed by atoms with Gasteiger partial charge in [0.1, 0.15) is 0 Å². The number of ether oxygens (including phenoxy) is 1. The van der Waals surface area contributed by atoms with Gasteiger partial charge in [0.15, 0.2) is 0 Å². The SMILES string of the molecule is COC(=O)CSCCCCl. The molecule has 0 aliphatic carbocycles. The van der Waals surface area contributed by atoms with Gasteiger partial charge in [-0.2, -0.15) is 11.8 Å². The highest BCUT2D eigenvalue weighted by Gasteiger charge is 1.97. The van der Waals surface area contributed by atoms with Crippen LogP contribution in [-0.2, 0) is 9.53 Å². The first kappa shape index (κ1) is 10.1. The van der Waals surface area contributed by atoms with Crippen LogP contribution in [0.25, 0.3) is 0 Å². The first-order chi connectivity index (χ1) is 4.81. The number of rotatable bonds is 5. The molecule has 0 saturated carbocycles. The fraction of sp³-hybridized carbons (Fsp3) is 0.833. The molecule has 0 saturated heterocycles. The van der Waals surface area contributed by atoms with Gasteiger partial charge in [0.2, 0.25) is 0 Å². The lowest BCUT2D eigenvalue weighted by molar-refractivity contribution is -0.137. The molecule has 0 spiro atoms. The van der Waals surface area contributed by atoms with Crippen LogP contribution in [0.1, 0.15) is 6.42 Å². The number of carbonyl (C=O) groups excluding carboxylic acids is 1. The van der Waals surface area contributed by atoms with Crippen LogP contribution in [0.2, 0.25) is 0 Å². The van der Waals surface area contributed by atoms with Gasteiger partial charge in [-0.05, 0) is 12.2 Å². The van der Waals surface area contributed by atoms with E-state index in [0.717, 1.165) is 12.2 Å². The fourth-order valence-electron chi connectivity index (χ4n) is 0.371. The minimum atomic E-state index is -0.167. The average Bonchev–Trinajstić information content (AvgIpc) is 1.98. The van der Waals surface area contributed by atoms with Crippen molar-refractivity contribution >= 4 is 29.3 Å². The molecular formula is C6H11ClO2S. The van der Waals surface area contributed by atoms with Crippen molar-refractivity contribution in [3.63, 3.8) is 0 Å². The second-order valence-electron chi connectivity index (χ2n) is 1.67. The van der Waals surface area contributed by atoms with Gasteiger partial charge in [0.25, 0.3) is 0 Å². The van der Waals surface area contributed by atoms with E-state index >= 15 is 0 Å². The Morgan fingerprint density at radius 3 is 2.90 bits per heavy atom. The summed E-state index contributed by atoms with van der Waals surface area (Å²) in [5, 5.41) is 0. The van der Waals surface area contributed by atoms with Gasteiger partial charge in [-0.15, -0.1) is 11.6 Å². The molecule has 0 atom stereocenters. The standard InChI is InChI=1S/C6H11ClO2S/c1-9-6(8)5-10-4-2-3-7/h2-5H2,1H3. The molecule has 0 fully saturated rings. The van der Waals surface area contributed by atoms with E-state index in [4.69, 9.17) is 11.6 Å². The van der Waals surface area contributed by atoms with Crippen molar-refractivity contribution < 1.29 is 9.53 Å². The molecule has 60 valence electrons. The first-order valence-corrected chi connectivity index (χ1v) is 4.70. The predicted molar refractivity (Wildman–Crippen MR) is 44.7 cm³/mol. The van der Waals surface area contributed by atoms with Crippen molar-refractivity contribution in [3.05, 3.63) is 0 Å². The van der Waals surface area contributed by atoms with Gasteiger partial charge < -0.3 is 4.74 Å². The van der Waals surface area contributed by atoms with Gasteiger partial charge in [-0.25, -0.2) is 0 Å². The lowest BCUT2D eigenvalue weighted by atomic mass is 10.6. The molecular weight excluding hydrogens is 172 g/mol. The molecule has 4 heteroatoms. The third-order valence-electron chi connectivity index (χ3n) is 0.870. The number of esters is 1. The molecule has 10 heavy (non-hydrogen) atoms. The van der Waals surface area contributed by atoms with Crippen LogP contribution in [0, 0.1) is 0 Å². The Morgan fingerprint density at radius 2 is 2.40 bits per heavy atom. The quantitative estimate of drug-likeness (QED) is 0.367. The summed E-state index contributed by atoms with van der Waals surface area (Å²) < 4.78 is 4.44. The molecule has 0 aromatic heterocycles. The summed E-state index contributed by atoms with van der Waals surface area (Å²) in [5.74, 6) is 1.86. The lowest BCUT2D eigenvalue weighted by Crippen LogP contribution is -2.03. The summed E-state index contributed by atoms with van der Waals surface area (Å²) in [5.41, 5.74) is 0. The third kappa shape index (κ3) is 6.23. The number of hydrogen-bond acceptors (Lipinski definition) is 3. The first-order valence-electron chi connectivity index (χ1n) is 3.01. The van der Waals surface area contributed by atoms with E-state index < -0.39 is 0 Å². The maximum Gasteiger partial charge on any atom is 0.315 e. The van der Waals surface area contributed by atoms with E-state index in [1.807, 2.05) is 0 Å². The number of hydrogen-bond donors (Lipinski definition) is 0. The highest BCUT2D eigenvalue weighted by Crippen LogP contribution is 2.02. The van der Waals surface area contributed by atoms with Crippen LogP contribution in [0.15, 0.2) is 0 Å². The minimum Gasteiger partial charge on any atom is -0.468 e. The van der Waals surface area contributed by atoms with Crippen LogP contribution >= 0.6 is 23.4 Å². The summed E-state index contributed by atoms with van der Waals surface area (Å²) in [4.78, 5) is 10.5. The van der Waals surface area contributed by atoms with Crippen LogP contribution in [-0.4, -0.2) is 30.5 Å². The van der Waals surface area contributed by atoms with Crippen molar-refractivity contribution in [1.29, 1.82) is 0 Å². The molecule has 0 aromatic rings. The Bertz CT molecular complexity index is 97.7. The second kappa shape index (κ2) is 7.22. The van der Waals surface area contributed by atoms with E-state index in [1.54, 1.807) is 11.8 Å². The summed E-state index contributed by atoms with van der Waals surface area (Å²) in [6.07, 6.45) is 0.948. The Kier molecular flexibility index (Phi) is 7.30. The monoisotopic (exact) mass is 182 g/mol. The van der Waals surface area contributed by atoms with E-state index in [1.165, 1.54) is 7.11 Å². The summed E-state index contributed by atoms with van der Waals surface area (Å²) in [6, 6.07) is 0. The van der Waals surface area contributed by atoms with Crippen molar-refractivity contribution in [1.82, 2.24) is 0 Å². The maximum atomic E-state index is 10.5. The molecule has 0 unspecified atom stereocenters. The van der Waals surface area contributed by atoms with Gasteiger partial charge >= 0.3 is 5.97 Å². The average molecular weight is 183 g/mol. The van der Waals surface area contributed by atoms with Crippen molar-refractivity contribution in [2.75, 3.05) is 24.5 Å². The van der Waals surface area contributed by atoms with Crippen molar-refractivity contribution in [2.24, 2.45) is 0 Å². The minimum absolute atomic E-state index is 0.167. The highest BCUT2D eigenvalue weighted by atomic mass is 35.5.